The van der Waals surface area contributed by atoms with Crippen LogP contribution in [0.25, 0.3) is 0 Å². The Morgan fingerprint density at radius 3 is 2.00 bits per heavy atom. The third kappa shape index (κ3) is 1.77. The molecule has 0 aromatic rings. The van der Waals surface area contributed by atoms with Gasteiger partial charge in [-0.05, 0) is 11.8 Å². The van der Waals surface area contributed by atoms with Crippen molar-refractivity contribution in [2.24, 2.45) is 5.92 Å². The number of hydrogen-bond donors (Lipinski definition) is 0. The van der Waals surface area contributed by atoms with Gasteiger partial charge in [-0.3, -0.25) is 4.39 Å². The highest BCUT2D eigenvalue weighted by Crippen LogP contribution is 2.57. The SMILES string of the molecule is FCC1CC(F)(F)SC1(F)F. The second kappa shape index (κ2) is 2.50. The molecule has 0 nitrogen and oxygen atoms in total. The molecule has 1 saturated heterocycles. The summed E-state index contributed by atoms with van der Waals surface area (Å²) in [5.41, 5.74) is 0. The number of thioether (sulfide) groups is 1. The standard InChI is InChI=1S/C5H5F5S/c6-2-3-1-4(7,8)11-5(3,9)10/h3H,1-2H2. The number of halogens is 5. The van der Waals surface area contributed by atoms with Crippen LogP contribution in [0.1, 0.15) is 6.42 Å². The largest absolute Gasteiger partial charge is 0.304 e. The van der Waals surface area contributed by atoms with Crippen molar-refractivity contribution in [1.29, 1.82) is 0 Å². The van der Waals surface area contributed by atoms with Gasteiger partial charge >= 0.3 is 5.25 Å². The van der Waals surface area contributed by atoms with Gasteiger partial charge in [-0.25, -0.2) is 0 Å². The molecule has 1 aliphatic rings. The summed E-state index contributed by atoms with van der Waals surface area (Å²) in [7, 11) is 0. The molecule has 6 heteroatoms. The van der Waals surface area contributed by atoms with Gasteiger partial charge in [0.2, 0.25) is 0 Å². The average molecular weight is 192 g/mol. The molecular formula is C5H5F5S. The van der Waals surface area contributed by atoms with Crippen LogP contribution in [-0.2, 0) is 0 Å². The first-order valence-electron chi connectivity index (χ1n) is 2.89. The molecule has 66 valence electrons. The molecule has 0 spiro atoms. The lowest BCUT2D eigenvalue weighted by Gasteiger charge is -2.12. The quantitative estimate of drug-likeness (QED) is 0.575. The Morgan fingerprint density at radius 1 is 1.27 bits per heavy atom. The molecule has 0 N–H and O–H groups in total. The van der Waals surface area contributed by atoms with E-state index >= 15 is 0 Å². The number of alkyl halides is 5. The Bertz CT molecular complexity index is 157. The van der Waals surface area contributed by atoms with Crippen LogP contribution >= 0.6 is 11.8 Å². The molecular weight excluding hydrogens is 187 g/mol. The third-order valence-electron chi connectivity index (χ3n) is 1.43. The van der Waals surface area contributed by atoms with Gasteiger partial charge in [-0.15, -0.1) is 0 Å². The third-order valence-corrected chi connectivity index (χ3v) is 2.50. The predicted molar refractivity (Wildman–Crippen MR) is 31.6 cm³/mol. The van der Waals surface area contributed by atoms with Crippen LogP contribution in [0.4, 0.5) is 22.0 Å². The first-order valence-corrected chi connectivity index (χ1v) is 3.71. The molecule has 0 aromatic carbocycles. The molecule has 1 rings (SSSR count). The highest BCUT2D eigenvalue weighted by molar-refractivity contribution is 8.01. The van der Waals surface area contributed by atoms with Crippen LogP contribution in [0.15, 0.2) is 0 Å². The zero-order valence-electron chi connectivity index (χ0n) is 5.29. The van der Waals surface area contributed by atoms with E-state index in [1.54, 1.807) is 0 Å². The summed E-state index contributed by atoms with van der Waals surface area (Å²) in [6, 6.07) is 0. The summed E-state index contributed by atoms with van der Waals surface area (Å²) in [5, 5.41) is -7.08. The van der Waals surface area contributed by atoms with E-state index in [0.717, 1.165) is 0 Å². The van der Waals surface area contributed by atoms with E-state index < -0.39 is 41.3 Å². The van der Waals surface area contributed by atoms with Gasteiger partial charge in [0.05, 0.1) is 12.6 Å². The fraction of sp³-hybridized carbons (Fsp3) is 1.00. The zero-order chi connectivity index (χ0) is 8.70. The van der Waals surface area contributed by atoms with Gasteiger partial charge in [0, 0.05) is 6.42 Å². The lowest BCUT2D eigenvalue weighted by Crippen LogP contribution is -2.19. The van der Waals surface area contributed by atoms with Gasteiger partial charge in [0.1, 0.15) is 0 Å². The summed E-state index contributed by atoms with van der Waals surface area (Å²) >= 11 is -0.749. The average Bonchev–Trinajstić information content (AvgIpc) is 1.99. The van der Waals surface area contributed by atoms with Gasteiger partial charge < -0.3 is 0 Å². The fourth-order valence-electron chi connectivity index (χ4n) is 0.874. The van der Waals surface area contributed by atoms with Crippen LogP contribution < -0.4 is 0 Å². The highest BCUT2D eigenvalue weighted by atomic mass is 32.2. The molecule has 1 heterocycles. The van der Waals surface area contributed by atoms with E-state index in [1.807, 2.05) is 0 Å². The normalized spacial score (nSPS) is 34.1. The lowest BCUT2D eigenvalue weighted by atomic mass is 10.1. The molecule has 0 aromatic heterocycles. The summed E-state index contributed by atoms with van der Waals surface area (Å²) in [6.07, 6.45) is -1.07. The van der Waals surface area contributed by atoms with E-state index in [0.29, 0.717) is 0 Å². The van der Waals surface area contributed by atoms with Crippen LogP contribution in [-0.4, -0.2) is 17.2 Å². The van der Waals surface area contributed by atoms with Crippen LogP contribution in [0.5, 0.6) is 0 Å². The van der Waals surface area contributed by atoms with Gasteiger partial charge in [0.15, 0.2) is 0 Å². The second-order valence-corrected chi connectivity index (χ2v) is 3.70. The molecule has 0 radical (unpaired) electrons. The van der Waals surface area contributed by atoms with Crippen molar-refractivity contribution in [3.63, 3.8) is 0 Å². The molecule has 1 unspecified atom stereocenters. The smallest absolute Gasteiger partial charge is 0.251 e. The molecule has 0 saturated carbocycles. The fourth-order valence-corrected chi connectivity index (χ4v) is 1.87. The molecule has 1 atom stereocenters. The summed E-state index contributed by atoms with van der Waals surface area (Å²) < 4.78 is 60.8. The zero-order valence-corrected chi connectivity index (χ0v) is 6.11. The first kappa shape index (κ1) is 9.09. The van der Waals surface area contributed by atoms with E-state index in [4.69, 9.17) is 0 Å². The van der Waals surface area contributed by atoms with E-state index in [2.05, 4.69) is 0 Å². The monoisotopic (exact) mass is 192 g/mol. The highest BCUT2D eigenvalue weighted by Gasteiger charge is 2.59. The van der Waals surface area contributed by atoms with Gasteiger partial charge in [-0.2, -0.15) is 17.6 Å². The Kier molecular flexibility index (Phi) is 2.07. The predicted octanol–water partition coefficient (Wildman–Crippen LogP) is 2.89. The summed E-state index contributed by atoms with van der Waals surface area (Å²) in [5.74, 6) is -1.83. The van der Waals surface area contributed by atoms with E-state index in [9.17, 15) is 22.0 Å². The van der Waals surface area contributed by atoms with Crippen molar-refractivity contribution in [2.45, 2.75) is 16.9 Å². The Hall–Kier alpha value is -0.0000000000000000555. The van der Waals surface area contributed by atoms with Gasteiger partial charge in [0.25, 0.3) is 5.25 Å². The van der Waals surface area contributed by atoms with E-state index in [-0.39, 0.29) is 0 Å². The van der Waals surface area contributed by atoms with Crippen LogP contribution in [0, 0.1) is 5.92 Å². The molecule has 0 bridgehead atoms. The van der Waals surface area contributed by atoms with E-state index in [1.165, 1.54) is 0 Å². The summed E-state index contributed by atoms with van der Waals surface area (Å²) in [6.45, 7) is -1.39. The minimum Gasteiger partial charge on any atom is -0.251 e. The van der Waals surface area contributed by atoms with Crippen LogP contribution in [0.2, 0.25) is 0 Å². The Labute approximate surface area is 64.1 Å². The summed E-state index contributed by atoms with van der Waals surface area (Å²) in [4.78, 5) is 0. The molecule has 0 aliphatic carbocycles. The second-order valence-electron chi connectivity index (χ2n) is 2.36. The topological polar surface area (TPSA) is 0 Å². The molecule has 0 amide bonds. The number of hydrogen-bond acceptors (Lipinski definition) is 1. The Balaban J connectivity index is 2.71. The molecule has 1 aliphatic heterocycles. The van der Waals surface area contributed by atoms with Crippen molar-refractivity contribution < 1.29 is 22.0 Å². The first-order chi connectivity index (χ1) is 4.87. The van der Waals surface area contributed by atoms with Crippen molar-refractivity contribution in [1.82, 2.24) is 0 Å². The van der Waals surface area contributed by atoms with Crippen molar-refractivity contribution in [3.05, 3.63) is 0 Å². The maximum atomic E-state index is 12.3. The molecule has 11 heavy (non-hydrogen) atoms. The van der Waals surface area contributed by atoms with Gasteiger partial charge in [-0.1, -0.05) is 0 Å². The lowest BCUT2D eigenvalue weighted by molar-refractivity contribution is 0.0139. The van der Waals surface area contributed by atoms with Crippen LogP contribution in [0.3, 0.4) is 0 Å². The Morgan fingerprint density at radius 2 is 1.82 bits per heavy atom. The van der Waals surface area contributed by atoms with Crippen molar-refractivity contribution in [2.75, 3.05) is 6.67 Å². The van der Waals surface area contributed by atoms with Crippen molar-refractivity contribution in [3.8, 4) is 0 Å². The number of rotatable bonds is 1. The maximum Gasteiger partial charge on any atom is 0.304 e. The minimum absolute atomic E-state index is 0.749. The van der Waals surface area contributed by atoms with Crippen molar-refractivity contribution >= 4 is 11.8 Å². The maximum absolute atomic E-state index is 12.3. The minimum atomic E-state index is -3.61. The molecule has 1 fully saturated rings.